The van der Waals surface area contributed by atoms with Crippen LogP contribution in [0, 0.1) is 0 Å². The Balaban J connectivity index is 2.67. The van der Waals surface area contributed by atoms with Crippen LogP contribution in [0.4, 0.5) is 0 Å². The quantitative estimate of drug-likeness (QED) is 0.444. The van der Waals surface area contributed by atoms with Crippen LogP contribution in [0.25, 0.3) is 6.08 Å². The normalized spacial score (nSPS) is 10.8. The molecular weight excluding hydrogens is 204 g/mol. The van der Waals surface area contributed by atoms with E-state index in [1.54, 1.807) is 18.4 Å². The fourth-order valence-electron chi connectivity index (χ4n) is 1.12. The van der Waals surface area contributed by atoms with Crippen LogP contribution in [0.15, 0.2) is 30.5 Å². The standard InChI is InChI=1S/C13H16O3/c1-10(2)15-8-7-12-5-4-6-13(9-12)16-11(3)14/h4-10H,1-3H3. The zero-order valence-corrected chi connectivity index (χ0v) is 9.77. The molecule has 3 nitrogen and oxygen atoms in total. The van der Waals surface area contributed by atoms with Gasteiger partial charge in [-0.2, -0.15) is 0 Å². The van der Waals surface area contributed by atoms with Crippen LogP contribution in [-0.4, -0.2) is 12.1 Å². The second-order valence-electron chi connectivity index (χ2n) is 3.65. The Bertz CT molecular complexity index is 381. The van der Waals surface area contributed by atoms with E-state index in [0.717, 1.165) is 5.56 Å². The number of hydrogen-bond acceptors (Lipinski definition) is 3. The van der Waals surface area contributed by atoms with Crippen LogP contribution in [0.2, 0.25) is 0 Å². The summed E-state index contributed by atoms with van der Waals surface area (Å²) in [5.41, 5.74) is 0.930. The van der Waals surface area contributed by atoms with Gasteiger partial charge in [-0.05, 0) is 37.6 Å². The van der Waals surface area contributed by atoms with Crippen molar-refractivity contribution in [1.82, 2.24) is 0 Å². The fourth-order valence-corrected chi connectivity index (χ4v) is 1.12. The highest BCUT2D eigenvalue weighted by atomic mass is 16.5. The van der Waals surface area contributed by atoms with Crippen LogP contribution >= 0.6 is 0 Å². The van der Waals surface area contributed by atoms with Crippen molar-refractivity contribution in [3.63, 3.8) is 0 Å². The van der Waals surface area contributed by atoms with Gasteiger partial charge in [-0.1, -0.05) is 12.1 Å². The lowest BCUT2D eigenvalue weighted by Crippen LogP contribution is -2.01. The number of benzene rings is 1. The molecule has 0 unspecified atom stereocenters. The minimum absolute atomic E-state index is 0.160. The van der Waals surface area contributed by atoms with E-state index in [1.165, 1.54) is 6.92 Å². The topological polar surface area (TPSA) is 35.5 Å². The highest BCUT2D eigenvalue weighted by molar-refractivity contribution is 5.69. The molecule has 0 saturated heterocycles. The number of rotatable bonds is 4. The van der Waals surface area contributed by atoms with Gasteiger partial charge in [0.05, 0.1) is 12.4 Å². The first kappa shape index (κ1) is 12.3. The molecule has 0 aromatic heterocycles. The average Bonchev–Trinajstić information content (AvgIpc) is 2.16. The summed E-state index contributed by atoms with van der Waals surface area (Å²) in [6.45, 7) is 5.30. The summed E-state index contributed by atoms with van der Waals surface area (Å²) in [5.74, 6) is 0.221. The molecule has 0 saturated carbocycles. The maximum Gasteiger partial charge on any atom is 0.308 e. The monoisotopic (exact) mass is 220 g/mol. The molecule has 1 rings (SSSR count). The zero-order valence-electron chi connectivity index (χ0n) is 9.77. The summed E-state index contributed by atoms with van der Waals surface area (Å²) >= 11 is 0. The average molecular weight is 220 g/mol. The molecule has 0 aliphatic carbocycles. The van der Waals surface area contributed by atoms with E-state index >= 15 is 0 Å². The number of ether oxygens (including phenoxy) is 2. The molecule has 1 aromatic rings. The maximum atomic E-state index is 10.8. The molecule has 86 valence electrons. The predicted octanol–water partition coefficient (Wildman–Crippen LogP) is 3.01. The van der Waals surface area contributed by atoms with Crippen LogP contribution in [0.5, 0.6) is 5.75 Å². The molecule has 0 aliphatic rings. The summed E-state index contributed by atoms with van der Waals surface area (Å²) in [6, 6.07) is 7.25. The SMILES string of the molecule is CC(=O)Oc1cccc(C=COC(C)C)c1. The Morgan fingerprint density at radius 3 is 2.75 bits per heavy atom. The van der Waals surface area contributed by atoms with E-state index in [9.17, 15) is 4.79 Å². The first-order valence-electron chi connectivity index (χ1n) is 5.18. The summed E-state index contributed by atoms with van der Waals surface area (Å²) < 4.78 is 10.2. The third kappa shape index (κ3) is 4.64. The van der Waals surface area contributed by atoms with Crippen molar-refractivity contribution in [2.75, 3.05) is 0 Å². The Kier molecular flexibility index (Phi) is 4.58. The summed E-state index contributed by atoms with van der Waals surface area (Å²) in [6.07, 6.45) is 3.62. The van der Waals surface area contributed by atoms with E-state index in [2.05, 4.69) is 0 Å². The van der Waals surface area contributed by atoms with Gasteiger partial charge >= 0.3 is 5.97 Å². The number of carbonyl (C=O) groups excluding carboxylic acids is 1. The van der Waals surface area contributed by atoms with Crippen molar-refractivity contribution in [3.05, 3.63) is 36.1 Å². The molecule has 0 aliphatic heterocycles. The van der Waals surface area contributed by atoms with Crippen molar-refractivity contribution in [2.24, 2.45) is 0 Å². The first-order chi connectivity index (χ1) is 7.58. The number of hydrogen-bond donors (Lipinski definition) is 0. The van der Waals surface area contributed by atoms with E-state index in [-0.39, 0.29) is 12.1 Å². The van der Waals surface area contributed by atoms with Gasteiger partial charge < -0.3 is 9.47 Å². The van der Waals surface area contributed by atoms with Gasteiger partial charge in [0, 0.05) is 6.92 Å². The largest absolute Gasteiger partial charge is 0.499 e. The van der Waals surface area contributed by atoms with Crippen LogP contribution in [0.1, 0.15) is 26.3 Å². The van der Waals surface area contributed by atoms with Gasteiger partial charge in [0.2, 0.25) is 0 Å². The van der Waals surface area contributed by atoms with Gasteiger partial charge in [-0.3, -0.25) is 4.79 Å². The van der Waals surface area contributed by atoms with Crippen LogP contribution in [-0.2, 0) is 9.53 Å². The minimum atomic E-state index is -0.320. The molecule has 3 heteroatoms. The lowest BCUT2D eigenvalue weighted by molar-refractivity contribution is -0.131. The summed E-state index contributed by atoms with van der Waals surface area (Å²) in [7, 11) is 0. The highest BCUT2D eigenvalue weighted by Crippen LogP contribution is 2.14. The third-order valence-electron chi connectivity index (χ3n) is 1.73. The van der Waals surface area contributed by atoms with Crippen molar-refractivity contribution >= 4 is 12.0 Å². The van der Waals surface area contributed by atoms with E-state index in [0.29, 0.717) is 5.75 Å². The van der Waals surface area contributed by atoms with Crippen molar-refractivity contribution < 1.29 is 14.3 Å². The van der Waals surface area contributed by atoms with Crippen molar-refractivity contribution in [1.29, 1.82) is 0 Å². The lowest BCUT2D eigenvalue weighted by atomic mass is 10.2. The van der Waals surface area contributed by atoms with E-state index in [1.807, 2.05) is 32.1 Å². The van der Waals surface area contributed by atoms with Crippen LogP contribution in [0.3, 0.4) is 0 Å². The highest BCUT2D eigenvalue weighted by Gasteiger charge is 1.97. The molecule has 0 radical (unpaired) electrons. The second-order valence-corrected chi connectivity index (χ2v) is 3.65. The van der Waals surface area contributed by atoms with E-state index < -0.39 is 0 Å². The summed E-state index contributed by atoms with van der Waals surface area (Å²) in [4.78, 5) is 10.8. The van der Waals surface area contributed by atoms with Crippen molar-refractivity contribution in [3.8, 4) is 5.75 Å². The van der Waals surface area contributed by atoms with Gasteiger partial charge in [-0.15, -0.1) is 0 Å². The number of esters is 1. The predicted molar refractivity (Wildman–Crippen MR) is 63.0 cm³/mol. The molecule has 0 fully saturated rings. The first-order valence-corrected chi connectivity index (χ1v) is 5.18. The number of carbonyl (C=O) groups is 1. The van der Waals surface area contributed by atoms with Gasteiger partial charge in [0.25, 0.3) is 0 Å². The lowest BCUT2D eigenvalue weighted by Gasteiger charge is -2.04. The molecule has 0 heterocycles. The Hall–Kier alpha value is -1.77. The summed E-state index contributed by atoms with van der Waals surface area (Å²) in [5, 5.41) is 0. The molecule has 0 bridgehead atoms. The van der Waals surface area contributed by atoms with E-state index in [4.69, 9.17) is 9.47 Å². The van der Waals surface area contributed by atoms with Gasteiger partial charge in [0.1, 0.15) is 5.75 Å². The van der Waals surface area contributed by atoms with Gasteiger partial charge in [0.15, 0.2) is 0 Å². The molecule has 0 N–H and O–H groups in total. The molecule has 0 amide bonds. The third-order valence-corrected chi connectivity index (χ3v) is 1.73. The Morgan fingerprint density at radius 1 is 1.38 bits per heavy atom. The Labute approximate surface area is 95.7 Å². The second kappa shape index (κ2) is 5.95. The minimum Gasteiger partial charge on any atom is -0.499 e. The van der Waals surface area contributed by atoms with Crippen molar-refractivity contribution in [2.45, 2.75) is 26.9 Å². The van der Waals surface area contributed by atoms with Gasteiger partial charge in [-0.25, -0.2) is 0 Å². The maximum absolute atomic E-state index is 10.8. The fraction of sp³-hybridized carbons (Fsp3) is 0.308. The Morgan fingerprint density at radius 2 is 2.12 bits per heavy atom. The zero-order chi connectivity index (χ0) is 12.0. The van der Waals surface area contributed by atoms with Crippen LogP contribution < -0.4 is 4.74 Å². The molecule has 16 heavy (non-hydrogen) atoms. The molecule has 0 spiro atoms. The molecule has 1 aromatic carbocycles. The smallest absolute Gasteiger partial charge is 0.308 e. The molecule has 0 atom stereocenters. The molecular formula is C13H16O3.